The maximum Gasteiger partial charge on any atom is 0.230 e. The van der Waals surface area contributed by atoms with Crippen LogP contribution in [0.3, 0.4) is 0 Å². The van der Waals surface area contributed by atoms with Crippen LogP contribution in [0.5, 0.6) is 0 Å². The molecule has 2 rings (SSSR count). The zero-order valence-electron chi connectivity index (χ0n) is 13.9. The lowest BCUT2D eigenvalue weighted by atomic mass is 9.97. The van der Waals surface area contributed by atoms with Crippen LogP contribution in [-0.2, 0) is 16.0 Å². The molecule has 1 aliphatic carbocycles. The maximum absolute atomic E-state index is 12.1. The molecule has 3 N–H and O–H groups in total. The van der Waals surface area contributed by atoms with Crippen LogP contribution in [0.2, 0.25) is 0 Å². The third-order valence-electron chi connectivity index (χ3n) is 3.87. The van der Waals surface area contributed by atoms with Crippen LogP contribution in [0.4, 0.5) is 0 Å². The van der Waals surface area contributed by atoms with Crippen molar-refractivity contribution in [2.24, 2.45) is 17.6 Å². The Kier molecular flexibility index (Phi) is 6.51. The van der Waals surface area contributed by atoms with Crippen LogP contribution in [0.15, 0.2) is 24.3 Å². The molecule has 1 aliphatic rings. The molecular weight excluding hydrogens is 308 g/mol. The fourth-order valence-corrected chi connectivity index (χ4v) is 3.27. The van der Waals surface area contributed by atoms with E-state index in [4.69, 9.17) is 5.73 Å². The van der Waals surface area contributed by atoms with Gasteiger partial charge < -0.3 is 11.1 Å². The molecule has 2 amide bonds. The number of primary amides is 1. The van der Waals surface area contributed by atoms with Crippen molar-refractivity contribution in [2.45, 2.75) is 39.2 Å². The van der Waals surface area contributed by atoms with Gasteiger partial charge in [-0.05, 0) is 42.2 Å². The minimum atomic E-state index is -0.387. The number of benzene rings is 1. The Labute approximate surface area is 142 Å². The lowest BCUT2D eigenvalue weighted by molar-refractivity contribution is -0.119. The average Bonchev–Trinajstić information content (AvgIpc) is 3.29. The van der Waals surface area contributed by atoms with Gasteiger partial charge in [0.2, 0.25) is 11.8 Å². The van der Waals surface area contributed by atoms with Gasteiger partial charge in [0.05, 0.1) is 17.5 Å². The Morgan fingerprint density at radius 1 is 1.22 bits per heavy atom. The lowest BCUT2D eigenvalue weighted by Gasteiger charge is -2.19. The number of carbonyl (C=O) groups is 2. The second kappa shape index (κ2) is 8.39. The highest BCUT2D eigenvalue weighted by Gasteiger charge is 2.33. The molecule has 0 aromatic heterocycles. The number of nitrogens with two attached hydrogens (primary N) is 1. The molecular formula is C18H26N2O2S. The fourth-order valence-electron chi connectivity index (χ4n) is 2.69. The Hall–Kier alpha value is -1.49. The fraction of sp³-hybridized carbons (Fsp3) is 0.556. The molecule has 4 nitrogen and oxygen atoms in total. The topological polar surface area (TPSA) is 72.2 Å². The van der Waals surface area contributed by atoms with Crippen molar-refractivity contribution in [1.29, 1.82) is 0 Å². The van der Waals surface area contributed by atoms with Crippen molar-refractivity contribution in [3.8, 4) is 0 Å². The molecule has 5 heteroatoms. The van der Waals surface area contributed by atoms with Gasteiger partial charge in [0.25, 0.3) is 0 Å². The van der Waals surface area contributed by atoms with Crippen LogP contribution in [0.25, 0.3) is 0 Å². The number of rotatable bonds is 9. The number of hydrogen-bond acceptors (Lipinski definition) is 3. The molecule has 126 valence electrons. The average molecular weight is 334 g/mol. The van der Waals surface area contributed by atoms with Gasteiger partial charge in [-0.3, -0.25) is 9.59 Å². The van der Waals surface area contributed by atoms with Crippen LogP contribution in [0, 0.1) is 11.8 Å². The van der Waals surface area contributed by atoms with Gasteiger partial charge in [0.1, 0.15) is 0 Å². The second-order valence-electron chi connectivity index (χ2n) is 6.68. The minimum Gasteiger partial charge on any atom is -0.369 e. The molecule has 0 aliphatic heterocycles. The summed E-state index contributed by atoms with van der Waals surface area (Å²) < 4.78 is 0. The number of amides is 2. The summed E-state index contributed by atoms with van der Waals surface area (Å²) in [7, 11) is 0. The van der Waals surface area contributed by atoms with Crippen molar-refractivity contribution in [3.63, 3.8) is 0 Å². The molecule has 1 unspecified atom stereocenters. The number of carbonyl (C=O) groups excluding carboxylic acids is 2. The Bertz CT molecular complexity index is 538. The summed E-state index contributed by atoms with van der Waals surface area (Å²) in [6, 6.07) is 8.69. The summed E-state index contributed by atoms with van der Waals surface area (Å²) in [5.74, 6) is 1.23. The summed E-state index contributed by atoms with van der Waals surface area (Å²) >= 11 is 1.26. The molecule has 1 aromatic rings. The number of thioether (sulfide) groups is 1. The molecule has 1 aromatic carbocycles. The van der Waals surface area contributed by atoms with E-state index in [1.54, 1.807) is 0 Å². The molecule has 1 fully saturated rings. The smallest absolute Gasteiger partial charge is 0.230 e. The highest BCUT2D eigenvalue weighted by atomic mass is 32.2. The largest absolute Gasteiger partial charge is 0.369 e. The van der Waals surface area contributed by atoms with Gasteiger partial charge in [-0.1, -0.05) is 38.1 Å². The van der Waals surface area contributed by atoms with Crippen molar-refractivity contribution in [2.75, 3.05) is 11.5 Å². The van der Waals surface area contributed by atoms with Crippen molar-refractivity contribution in [1.82, 2.24) is 5.32 Å². The Morgan fingerprint density at radius 3 is 2.39 bits per heavy atom. The first-order chi connectivity index (χ1) is 11.0. The normalized spacial score (nSPS) is 15.4. The van der Waals surface area contributed by atoms with Gasteiger partial charge in [0, 0.05) is 0 Å². The zero-order valence-corrected chi connectivity index (χ0v) is 14.7. The third-order valence-corrected chi connectivity index (χ3v) is 4.83. The summed E-state index contributed by atoms with van der Waals surface area (Å²) in [6.45, 7) is 4.43. The monoisotopic (exact) mass is 334 g/mol. The first-order valence-electron chi connectivity index (χ1n) is 8.20. The van der Waals surface area contributed by atoms with Crippen LogP contribution < -0.4 is 11.1 Å². The second-order valence-corrected chi connectivity index (χ2v) is 7.67. The predicted octanol–water partition coefficient (Wildman–Crippen LogP) is 2.67. The Morgan fingerprint density at radius 2 is 1.87 bits per heavy atom. The summed E-state index contributed by atoms with van der Waals surface area (Å²) in [5, 5.41) is 3.12. The summed E-state index contributed by atoms with van der Waals surface area (Å²) in [5.41, 5.74) is 7.60. The van der Waals surface area contributed by atoms with Gasteiger partial charge in [-0.15, -0.1) is 11.8 Å². The van der Waals surface area contributed by atoms with Crippen molar-refractivity contribution >= 4 is 23.6 Å². The highest BCUT2D eigenvalue weighted by Crippen LogP contribution is 2.41. The van der Waals surface area contributed by atoms with E-state index < -0.39 is 0 Å². The van der Waals surface area contributed by atoms with Gasteiger partial charge in [0.15, 0.2) is 0 Å². The number of nitrogens with one attached hydrogen (secondary N) is 1. The molecule has 0 saturated heterocycles. The first-order valence-corrected chi connectivity index (χ1v) is 9.35. The standard InChI is InChI=1S/C18H26N2O2S/c1-12(2)9-13-3-5-14(6-4-13)18(15-7-8-15)20-17(22)11-23-10-16(19)21/h3-6,12,15,18H,7-11H2,1-2H3,(H2,19,21)(H,20,22). The van der Waals surface area contributed by atoms with Gasteiger partial charge in [-0.2, -0.15) is 0 Å². The van der Waals surface area contributed by atoms with E-state index in [9.17, 15) is 9.59 Å². The third kappa shape index (κ3) is 6.26. The van der Waals surface area contributed by atoms with Crippen molar-refractivity contribution < 1.29 is 9.59 Å². The highest BCUT2D eigenvalue weighted by molar-refractivity contribution is 8.00. The summed E-state index contributed by atoms with van der Waals surface area (Å²) in [6.07, 6.45) is 3.39. The quantitative estimate of drug-likeness (QED) is 0.729. The predicted molar refractivity (Wildman–Crippen MR) is 95.1 cm³/mol. The van der Waals surface area contributed by atoms with Crippen molar-refractivity contribution in [3.05, 3.63) is 35.4 Å². The molecule has 0 heterocycles. The molecule has 0 radical (unpaired) electrons. The minimum absolute atomic E-state index is 0.0283. The van der Waals surface area contributed by atoms with Crippen LogP contribution >= 0.6 is 11.8 Å². The molecule has 1 atom stereocenters. The van der Waals surface area contributed by atoms with E-state index >= 15 is 0 Å². The van der Waals surface area contributed by atoms with Gasteiger partial charge in [-0.25, -0.2) is 0 Å². The summed E-state index contributed by atoms with van der Waals surface area (Å²) in [4.78, 5) is 22.8. The van der Waals surface area contributed by atoms with Crippen LogP contribution in [-0.4, -0.2) is 23.3 Å². The van der Waals surface area contributed by atoms with Crippen LogP contribution in [0.1, 0.15) is 43.9 Å². The van der Waals surface area contributed by atoms with E-state index in [0.717, 1.165) is 19.3 Å². The molecule has 0 spiro atoms. The van der Waals surface area contributed by atoms with Gasteiger partial charge >= 0.3 is 0 Å². The lowest BCUT2D eigenvalue weighted by Crippen LogP contribution is -2.31. The van der Waals surface area contributed by atoms with E-state index in [2.05, 4.69) is 43.4 Å². The SMILES string of the molecule is CC(C)Cc1ccc(C(NC(=O)CSCC(N)=O)C2CC2)cc1. The zero-order chi connectivity index (χ0) is 16.8. The Balaban J connectivity index is 1.93. The first kappa shape index (κ1) is 17.9. The number of hydrogen-bond donors (Lipinski definition) is 2. The van der Waals surface area contributed by atoms with E-state index in [-0.39, 0.29) is 29.4 Å². The molecule has 1 saturated carbocycles. The van der Waals surface area contributed by atoms with E-state index in [1.807, 2.05) is 0 Å². The molecule has 0 bridgehead atoms. The molecule has 23 heavy (non-hydrogen) atoms. The van der Waals surface area contributed by atoms with E-state index in [1.165, 1.54) is 22.9 Å². The maximum atomic E-state index is 12.1. The van der Waals surface area contributed by atoms with E-state index in [0.29, 0.717) is 11.8 Å².